The van der Waals surface area contributed by atoms with Crippen molar-refractivity contribution >= 4 is 5.91 Å². The van der Waals surface area contributed by atoms with E-state index in [4.69, 9.17) is 0 Å². The van der Waals surface area contributed by atoms with E-state index in [2.05, 4.69) is 38.3 Å². The van der Waals surface area contributed by atoms with Gasteiger partial charge in [-0.2, -0.15) is 0 Å². The standard InChI is InChI=1S/C14H28N2O/c1-10(2)7-11(3)8-14(17)16-13-9-15-6-5-12(13)4/h10-13,15H,5-9H2,1-4H3,(H,16,17). The van der Waals surface area contributed by atoms with Crippen molar-refractivity contribution in [3.05, 3.63) is 0 Å². The summed E-state index contributed by atoms with van der Waals surface area (Å²) in [6, 6.07) is 0.322. The highest BCUT2D eigenvalue weighted by Gasteiger charge is 2.23. The molecule has 0 saturated carbocycles. The average molecular weight is 240 g/mol. The molecule has 100 valence electrons. The van der Waals surface area contributed by atoms with E-state index in [1.54, 1.807) is 0 Å². The lowest BCUT2D eigenvalue weighted by Crippen LogP contribution is -2.50. The van der Waals surface area contributed by atoms with Crippen molar-refractivity contribution < 1.29 is 4.79 Å². The highest BCUT2D eigenvalue weighted by atomic mass is 16.1. The second-order valence-electron chi connectivity index (χ2n) is 6.08. The van der Waals surface area contributed by atoms with E-state index in [1.807, 2.05) is 0 Å². The van der Waals surface area contributed by atoms with Gasteiger partial charge in [0.1, 0.15) is 0 Å². The molecule has 3 unspecified atom stereocenters. The zero-order valence-corrected chi connectivity index (χ0v) is 11.8. The molecule has 0 bridgehead atoms. The maximum absolute atomic E-state index is 11.9. The second-order valence-corrected chi connectivity index (χ2v) is 6.08. The maximum Gasteiger partial charge on any atom is 0.220 e. The summed E-state index contributed by atoms with van der Waals surface area (Å²) in [4.78, 5) is 11.9. The molecule has 3 nitrogen and oxygen atoms in total. The van der Waals surface area contributed by atoms with E-state index in [1.165, 1.54) is 0 Å². The monoisotopic (exact) mass is 240 g/mol. The molecule has 1 rings (SSSR count). The van der Waals surface area contributed by atoms with Crippen LogP contribution in [0.15, 0.2) is 0 Å². The van der Waals surface area contributed by atoms with Gasteiger partial charge in [0, 0.05) is 19.0 Å². The minimum Gasteiger partial charge on any atom is -0.352 e. The van der Waals surface area contributed by atoms with Gasteiger partial charge >= 0.3 is 0 Å². The number of rotatable bonds is 5. The molecule has 1 heterocycles. The summed E-state index contributed by atoms with van der Waals surface area (Å²) in [7, 11) is 0. The predicted molar refractivity (Wildman–Crippen MR) is 71.8 cm³/mol. The van der Waals surface area contributed by atoms with Gasteiger partial charge in [0.15, 0.2) is 0 Å². The van der Waals surface area contributed by atoms with Gasteiger partial charge in [0.05, 0.1) is 0 Å². The lowest BCUT2D eigenvalue weighted by atomic mass is 9.93. The molecule has 0 aromatic carbocycles. The van der Waals surface area contributed by atoms with Crippen molar-refractivity contribution in [1.29, 1.82) is 0 Å². The molecule has 0 aliphatic carbocycles. The van der Waals surface area contributed by atoms with Crippen LogP contribution >= 0.6 is 0 Å². The Morgan fingerprint density at radius 1 is 1.41 bits per heavy atom. The van der Waals surface area contributed by atoms with Crippen molar-refractivity contribution in [2.75, 3.05) is 13.1 Å². The van der Waals surface area contributed by atoms with Crippen LogP contribution in [0.5, 0.6) is 0 Å². The Morgan fingerprint density at radius 2 is 2.12 bits per heavy atom. The van der Waals surface area contributed by atoms with Crippen LogP contribution in [0.1, 0.15) is 47.0 Å². The number of carbonyl (C=O) groups excluding carboxylic acids is 1. The normalized spacial score (nSPS) is 26.9. The Kier molecular flexibility index (Phi) is 5.96. The Balaban J connectivity index is 2.28. The largest absolute Gasteiger partial charge is 0.352 e. The summed E-state index contributed by atoms with van der Waals surface area (Å²) < 4.78 is 0. The molecule has 0 aromatic heterocycles. The number of hydrogen-bond donors (Lipinski definition) is 2. The first-order valence-electron chi connectivity index (χ1n) is 6.99. The lowest BCUT2D eigenvalue weighted by molar-refractivity contribution is -0.123. The fourth-order valence-corrected chi connectivity index (χ4v) is 2.65. The Labute approximate surface area is 106 Å². The van der Waals surface area contributed by atoms with Crippen LogP contribution in [0.4, 0.5) is 0 Å². The fourth-order valence-electron chi connectivity index (χ4n) is 2.65. The topological polar surface area (TPSA) is 41.1 Å². The smallest absolute Gasteiger partial charge is 0.220 e. The second kappa shape index (κ2) is 7.00. The van der Waals surface area contributed by atoms with Gasteiger partial charge in [0.25, 0.3) is 0 Å². The molecule has 1 aliphatic rings. The van der Waals surface area contributed by atoms with Gasteiger partial charge in [-0.05, 0) is 37.1 Å². The van der Waals surface area contributed by atoms with E-state index in [9.17, 15) is 4.79 Å². The zero-order valence-electron chi connectivity index (χ0n) is 11.8. The SMILES string of the molecule is CC(C)CC(C)CC(=O)NC1CNCCC1C. The van der Waals surface area contributed by atoms with E-state index < -0.39 is 0 Å². The summed E-state index contributed by atoms with van der Waals surface area (Å²) in [5.41, 5.74) is 0. The first-order chi connectivity index (χ1) is 7.99. The Bertz CT molecular complexity index is 240. The van der Waals surface area contributed by atoms with Crippen LogP contribution in [-0.4, -0.2) is 25.0 Å². The molecular formula is C14H28N2O. The average Bonchev–Trinajstić information content (AvgIpc) is 2.19. The summed E-state index contributed by atoms with van der Waals surface area (Å²) in [5.74, 6) is 1.98. The minimum atomic E-state index is 0.221. The molecule has 17 heavy (non-hydrogen) atoms. The Morgan fingerprint density at radius 3 is 2.71 bits per heavy atom. The molecule has 0 aromatic rings. The van der Waals surface area contributed by atoms with E-state index >= 15 is 0 Å². The van der Waals surface area contributed by atoms with E-state index in [0.717, 1.165) is 25.9 Å². The van der Waals surface area contributed by atoms with E-state index in [-0.39, 0.29) is 5.91 Å². The van der Waals surface area contributed by atoms with Crippen molar-refractivity contribution in [2.45, 2.75) is 53.0 Å². The molecule has 0 spiro atoms. The summed E-state index contributed by atoms with van der Waals surface area (Å²) >= 11 is 0. The van der Waals surface area contributed by atoms with Gasteiger partial charge in [-0.3, -0.25) is 4.79 Å². The minimum absolute atomic E-state index is 0.221. The highest BCUT2D eigenvalue weighted by Crippen LogP contribution is 2.16. The molecule has 0 radical (unpaired) electrons. The van der Waals surface area contributed by atoms with Crippen LogP contribution in [0.3, 0.4) is 0 Å². The van der Waals surface area contributed by atoms with Gasteiger partial charge in [-0.25, -0.2) is 0 Å². The highest BCUT2D eigenvalue weighted by molar-refractivity contribution is 5.76. The van der Waals surface area contributed by atoms with Crippen LogP contribution < -0.4 is 10.6 Å². The molecule has 1 fully saturated rings. The van der Waals surface area contributed by atoms with Crippen molar-refractivity contribution in [2.24, 2.45) is 17.8 Å². The molecule has 3 heteroatoms. The number of hydrogen-bond acceptors (Lipinski definition) is 2. The number of piperidine rings is 1. The van der Waals surface area contributed by atoms with E-state index in [0.29, 0.717) is 30.2 Å². The summed E-state index contributed by atoms with van der Waals surface area (Å²) in [5, 5.41) is 6.51. The van der Waals surface area contributed by atoms with Crippen LogP contribution in [0, 0.1) is 17.8 Å². The fraction of sp³-hybridized carbons (Fsp3) is 0.929. The third-order valence-electron chi connectivity index (χ3n) is 3.58. The zero-order chi connectivity index (χ0) is 12.8. The number of nitrogens with one attached hydrogen (secondary N) is 2. The summed E-state index contributed by atoms with van der Waals surface area (Å²) in [6.07, 6.45) is 2.96. The first-order valence-corrected chi connectivity index (χ1v) is 6.99. The van der Waals surface area contributed by atoms with Crippen molar-refractivity contribution in [3.63, 3.8) is 0 Å². The molecule has 1 saturated heterocycles. The third-order valence-corrected chi connectivity index (χ3v) is 3.58. The molecule has 1 amide bonds. The molecule has 1 aliphatic heterocycles. The maximum atomic E-state index is 11.9. The summed E-state index contributed by atoms with van der Waals surface area (Å²) in [6.45, 7) is 10.8. The lowest BCUT2D eigenvalue weighted by Gasteiger charge is -2.30. The van der Waals surface area contributed by atoms with Gasteiger partial charge in [-0.1, -0.05) is 27.7 Å². The van der Waals surface area contributed by atoms with Gasteiger partial charge in [-0.15, -0.1) is 0 Å². The van der Waals surface area contributed by atoms with Crippen molar-refractivity contribution in [3.8, 4) is 0 Å². The van der Waals surface area contributed by atoms with Gasteiger partial charge < -0.3 is 10.6 Å². The van der Waals surface area contributed by atoms with Crippen LogP contribution in [0.2, 0.25) is 0 Å². The van der Waals surface area contributed by atoms with Crippen molar-refractivity contribution in [1.82, 2.24) is 10.6 Å². The van der Waals surface area contributed by atoms with Crippen LogP contribution in [0.25, 0.3) is 0 Å². The number of amides is 1. The molecular weight excluding hydrogens is 212 g/mol. The van der Waals surface area contributed by atoms with Gasteiger partial charge in [0.2, 0.25) is 5.91 Å². The van der Waals surface area contributed by atoms with Crippen LogP contribution in [-0.2, 0) is 4.79 Å². The number of carbonyl (C=O) groups is 1. The Hall–Kier alpha value is -0.570. The molecule has 2 N–H and O–H groups in total. The molecule has 3 atom stereocenters. The predicted octanol–water partition coefficient (Wildman–Crippen LogP) is 2.17. The third kappa shape index (κ3) is 5.53. The quantitative estimate of drug-likeness (QED) is 0.773. The first kappa shape index (κ1) is 14.5.